The van der Waals surface area contributed by atoms with Crippen molar-refractivity contribution in [1.29, 1.82) is 0 Å². The molecule has 3 fully saturated rings. The topological polar surface area (TPSA) is 54.4 Å². The molecule has 28 heavy (non-hydrogen) atoms. The van der Waals surface area contributed by atoms with Gasteiger partial charge in [-0.1, -0.05) is 25.5 Å². The number of aliphatic hydroxyl groups excluding tert-OH is 1. The lowest BCUT2D eigenvalue weighted by Crippen LogP contribution is -2.67. The summed E-state index contributed by atoms with van der Waals surface area (Å²) in [4.78, 5) is 24.8. The molecular weight excluding hydrogens is 375 g/mol. The van der Waals surface area contributed by atoms with Gasteiger partial charge in [0.1, 0.15) is 5.78 Å². The zero-order valence-electron chi connectivity index (χ0n) is 17.2. The number of ketones is 2. The molecular formula is C23H31FO3S. The molecule has 0 aliphatic heterocycles. The maximum Gasteiger partial charge on any atom is 0.178 e. The SMILES string of the molecule is CSCC(=O)C1CCC2[C@@H]3C[C@H](C)C4=CC(=O)C=C[C@]4(C)[C@@]3(F)[C@@H](O)C[C@]12C. The monoisotopic (exact) mass is 406 g/mol. The number of Topliss-reactive ketones (excluding diaryl/α,β-unsaturated/α-hetero) is 1. The Bertz CT molecular complexity index is 776. The van der Waals surface area contributed by atoms with Gasteiger partial charge in [0.05, 0.1) is 11.9 Å². The highest BCUT2D eigenvalue weighted by atomic mass is 32.2. The van der Waals surface area contributed by atoms with E-state index in [0.717, 1.165) is 18.4 Å². The standard InChI is InChI=1S/C23H31FO3S/c1-13-9-18-15-5-6-16(19(26)12-28-4)21(15,2)11-20(27)23(18,24)22(3)8-7-14(25)10-17(13)22/h7-8,10,13,15-16,18,20,27H,5-6,9,11-12H2,1-4H3/t13-,15?,16?,18-,20-,21-,22-,23-/m0/s1. The number of aliphatic hydroxyl groups is 1. The molecule has 4 rings (SSSR count). The highest BCUT2D eigenvalue weighted by Crippen LogP contribution is 2.69. The van der Waals surface area contributed by atoms with Gasteiger partial charge < -0.3 is 5.11 Å². The summed E-state index contributed by atoms with van der Waals surface area (Å²) in [6.07, 6.45) is 8.11. The van der Waals surface area contributed by atoms with Gasteiger partial charge in [-0.15, -0.1) is 0 Å². The van der Waals surface area contributed by atoms with Crippen molar-refractivity contribution in [2.45, 2.75) is 58.2 Å². The largest absolute Gasteiger partial charge is 0.390 e. The van der Waals surface area contributed by atoms with Gasteiger partial charge in [0.25, 0.3) is 0 Å². The van der Waals surface area contributed by atoms with Crippen molar-refractivity contribution in [2.75, 3.05) is 12.0 Å². The molecule has 4 aliphatic rings. The molecule has 2 unspecified atom stereocenters. The highest BCUT2D eigenvalue weighted by Gasteiger charge is 2.71. The summed E-state index contributed by atoms with van der Waals surface area (Å²) >= 11 is 1.54. The van der Waals surface area contributed by atoms with E-state index >= 15 is 4.39 Å². The van der Waals surface area contributed by atoms with Crippen LogP contribution in [-0.4, -0.2) is 40.5 Å². The normalized spacial score (nSPS) is 49.9. The van der Waals surface area contributed by atoms with Crippen molar-refractivity contribution in [3.63, 3.8) is 0 Å². The Kier molecular flexibility index (Phi) is 4.74. The van der Waals surface area contributed by atoms with Gasteiger partial charge in [-0.05, 0) is 68.3 Å². The lowest BCUT2D eigenvalue weighted by Gasteiger charge is -2.63. The molecule has 3 saturated carbocycles. The number of allylic oxidation sites excluding steroid dienone is 4. The molecule has 0 bridgehead atoms. The molecule has 0 saturated heterocycles. The first kappa shape index (κ1) is 20.3. The average molecular weight is 407 g/mol. The molecule has 0 aromatic heterocycles. The van der Waals surface area contributed by atoms with Crippen molar-refractivity contribution in [3.05, 3.63) is 23.8 Å². The van der Waals surface area contributed by atoms with Crippen molar-refractivity contribution in [1.82, 2.24) is 0 Å². The minimum Gasteiger partial charge on any atom is -0.390 e. The Morgan fingerprint density at radius 1 is 1.32 bits per heavy atom. The van der Waals surface area contributed by atoms with Crippen molar-refractivity contribution >= 4 is 23.3 Å². The minimum atomic E-state index is -1.80. The first-order chi connectivity index (χ1) is 13.1. The lowest BCUT2D eigenvalue weighted by atomic mass is 9.43. The molecule has 0 aromatic rings. The second kappa shape index (κ2) is 6.53. The van der Waals surface area contributed by atoms with Crippen LogP contribution in [0.15, 0.2) is 23.8 Å². The van der Waals surface area contributed by atoms with E-state index in [1.165, 1.54) is 17.8 Å². The second-order valence-electron chi connectivity index (χ2n) is 9.91. The number of thioether (sulfide) groups is 1. The molecule has 8 atom stereocenters. The van der Waals surface area contributed by atoms with Crippen LogP contribution >= 0.6 is 11.8 Å². The predicted octanol–water partition coefficient (Wildman–Crippen LogP) is 4.15. The van der Waals surface area contributed by atoms with Gasteiger partial charge in [0, 0.05) is 17.3 Å². The van der Waals surface area contributed by atoms with Crippen molar-refractivity contribution in [3.8, 4) is 0 Å². The molecule has 0 heterocycles. The lowest BCUT2D eigenvalue weighted by molar-refractivity contribution is -0.200. The van der Waals surface area contributed by atoms with E-state index in [1.54, 1.807) is 12.2 Å². The van der Waals surface area contributed by atoms with Crippen LogP contribution in [0.25, 0.3) is 0 Å². The van der Waals surface area contributed by atoms with Crippen molar-refractivity contribution in [2.24, 2.45) is 34.5 Å². The molecule has 0 aromatic carbocycles. The maximum atomic E-state index is 17.0. The van der Waals surface area contributed by atoms with Crippen LogP contribution in [0.2, 0.25) is 0 Å². The first-order valence-corrected chi connectivity index (χ1v) is 11.8. The second-order valence-corrected chi connectivity index (χ2v) is 10.8. The van der Waals surface area contributed by atoms with E-state index in [4.69, 9.17) is 0 Å². The summed E-state index contributed by atoms with van der Waals surface area (Å²) in [5, 5.41) is 11.2. The van der Waals surface area contributed by atoms with Crippen LogP contribution in [0, 0.1) is 34.5 Å². The Balaban J connectivity index is 1.78. The van der Waals surface area contributed by atoms with E-state index in [9.17, 15) is 14.7 Å². The van der Waals surface area contributed by atoms with Gasteiger partial charge in [0.2, 0.25) is 0 Å². The molecule has 3 nitrogen and oxygen atoms in total. The van der Waals surface area contributed by atoms with Crippen LogP contribution in [-0.2, 0) is 9.59 Å². The van der Waals surface area contributed by atoms with Crippen LogP contribution < -0.4 is 0 Å². The summed E-state index contributed by atoms with van der Waals surface area (Å²) in [6.45, 7) is 6.02. The van der Waals surface area contributed by atoms with E-state index in [0.29, 0.717) is 18.6 Å². The first-order valence-electron chi connectivity index (χ1n) is 10.4. The third-order valence-electron chi connectivity index (χ3n) is 8.64. The molecule has 1 N–H and O–H groups in total. The number of carbonyl (C=O) groups is 2. The van der Waals surface area contributed by atoms with Gasteiger partial charge in [-0.2, -0.15) is 11.8 Å². The van der Waals surface area contributed by atoms with Gasteiger partial charge >= 0.3 is 0 Å². The number of alkyl halides is 1. The highest BCUT2D eigenvalue weighted by molar-refractivity contribution is 7.99. The fourth-order valence-corrected chi connectivity index (χ4v) is 7.86. The number of carbonyl (C=O) groups excluding carboxylic acids is 2. The number of rotatable bonds is 3. The Hall–Kier alpha value is -0.940. The van der Waals surface area contributed by atoms with Crippen LogP contribution in [0.5, 0.6) is 0 Å². The zero-order chi connectivity index (χ0) is 20.5. The van der Waals surface area contributed by atoms with Gasteiger partial charge in [-0.3, -0.25) is 9.59 Å². The predicted molar refractivity (Wildman–Crippen MR) is 110 cm³/mol. The van der Waals surface area contributed by atoms with Crippen LogP contribution in [0.4, 0.5) is 4.39 Å². The fourth-order valence-electron chi connectivity index (χ4n) is 7.37. The van der Waals surface area contributed by atoms with Gasteiger partial charge in [0.15, 0.2) is 11.5 Å². The fraction of sp³-hybridized carbons (Fsp3) is 0.739. The number of fused-ring (bicyclic) bond motifs is 5. The Morgan fingerprint density at radius 3 is 2.71 bits per heavy atom. The molecule has 5 heteroatoms. The third-order valence-corrected chi connectivity index (χ3v) is 9.21. The summed E-state index contributed by atoms with van der Waals surface area (Å²) in [5.41, 5.74) is -2.30. The van der Waals surface area contributed by atoms with Crippen molar-refractivity contribution < 1.29 is 19.1 Å². The molecule has 4 aliphatic carbocycles. The summed E-state index contributed by atoms with van der Waals surface area (Å²) in [6, 6.07) is 0. The summed E-state index contributed by atoms with van der Waals surface area (Å²) in [7, 11) is 0. The van der Waals surface area contributed by atoms with E-state index < -0.39 is 17.2 Å². The molecule has 0 spiro atoms. The maximum absolute atomic E-state index is 17.0. The third kappa shape index (κ3) is 2.44. The minimum absolute atomic E-state index is 0.0864. The quantitative estimate of drug-likeness (QED) is 0.765. The molecule has 0 amide bonds. The summed E-state index contributed by atoms with van der Waals surface area (Å²) < 4.78 is 17.0. The number of halogens is 1. The summed E-state index contributed by atoms with van der Waals surface area (Å²) in [5.74, 6) is 0.415. The number of hydrogen-bond donors (Lipinski definition) is 1. The molecule has 0 radical (unpaired) electrons. The van der Waals surface area contributed by atoms with Crippen LogP contribution in [0.3, 0.4) is 0 Å². The Morgan fingerprint density at radius 2 is 2.04 bits per heavy atom. The van der Waals surface area contributed by atoms with Crippen LogP contribution in [0.1, 0.15) is 46.5 Å². The van der Waals surface area contributed by atoms with Gasteiger partial charge in [-0.25, -0.2) is 4.39 Å². The Labute approximate surface area is 171 Å². The smallest absolute Gasteiger partial charge is 0.178 e. The van der Waals surface area contributed by atoms with E-state index in [-0.39, 0.29) is 40.7 Å². The number of hydrogen-bond acceptors (Lipinski definition) is 4. The molecule has 154 valence electrons. The average Bonchev–Trinajstić information content (AvgIpc) is 2.96. The van der Waals surface area contributed by atoms with E-state index in [1.807, 2.05) is 13.2 Å². The zero-order valence-corrected chi connectivity index (χ0v) is 18.0. The van der Waals surface area contributed by atoms with E-state index in [2.05, 4.69) is 13.8 Å².